The minimum Gasteiger partial charge on any atom is -0.192 e. The number of aromatic nitrogens is 1. The van der Waals surface area contributed by atoms with Crippen LogP contribution in [0.2, 0.25) is 0 Å². The van der Waals surface area contributed by atoms with E-state index >= 15 is 0 Å². The Bertz CT molecular complexity index is 248. The lowest BCUT2D eigenvalue weighted by Crippen LogP contribution is -2.15. The topological polar surface area (TPSA) is 12.9 Å². The molecular formula is C5H6NS2+. The summed E-state index contributed by atoms with van der Waals surface area (Å²) in [7, 11) is 0. The van der Waals surface area contributed by atoms with E-state index in [9.17, 15) is 0 Å². The third-order valence-corrected chi connectivity index (χ3v) is 1.96. The Morgan fingerprint density at radius 1 is 1.50 bits per heavy atom. The minimum atomic E-state index is 0.764. The monoisotopic (exact) mass is 144 g/mol. The van der Waals surface area contributed by atoms with E-state index in [0.29, 0.717) is 0 Å². The fraction of sp³-hybridized carbons (Fsp3) is 0. The van der Waals surface area contributed by atoms with Crippen LogP contribution in [-0.4, -0.2) is 4.98 Å². The van der Waals surface area contributed by atoms with Crippen molar-refractivity contribution >= 4 is 37.1 Å². The van der Waals surface area contributed by atoms with Crippen molar-refractivity contribution in [3.63, 3.8) is 0 Å². The molecule has 0 aliphatic rings. The van der Waals surface area contributed by atoms with Crippen molar-refractivity contribution in [1.29, 1.82) is 0 Å². The van der Waals surface area contributed by atoms with Gasteiger partial charge in [0, 0.05) is 12.6 Å². The van der Waals surface area contributed by atoms with Crippen molar-refractivity contribution in [2.24, 2.45) is 0 Å². The summed E-state index contributed by atoms with van der Waals surface area (Å²) in [4.78, 5) is 3.97. The Kier molecular flexibility index (Phi) is 1.40. The van der Waals surface area contributed by atoms with Crippen LogP contribution < -0.4 is 9.88 Å². The van der Waals surface area contributed by atoms with Gasteiger partial charge < -0.3 is 0 Å². The van der Waals surface area contributed by atoms with Crippen LogP contribution in [0.15, 0.2) is 4.34 Å². The summed E-state index contributed by atoms with van der Waals surface area (Å²) in [6, 6.07) is 0. The molecule has 1 heterocycles. The van der Waals surface area contributed by atoms with Gasteiger partial charge in [0.1, 0.15) is 0 Å². The first kappa shape index (κ1) is 5.85. The Balaban J connectivity index is 3.59. The standard InChI is InChI=1S/C5H5NS2/c1-3-4(2)8-5(7)6-3/h1-2H2,(H,6,7)/p+1. The number of nitrogens with zero attached hydrogens (tertiary/aromatic N) is 1. The van der Waals surface area contributed by atoms with Crippen LogP contribution in [0.5, 0.6) is 0 Å². The molecule has 1 nitrogen and oxygen atoms in total. The molecule has 0 saturated carbocycles. The highest BCUT2D eigenvalue weighted by Crippen LogP contribution is 1.88. The van der Waals surface area contributed by atoms with E-state index in [-0.39, 0.29) is 0 Å². The van der Waals surface area contributed by atoms with Gasteiger partial charge in [0.2, 0.25) is 0 Å². The molecule has 3 heteroatoms. The molecule has 0 spiro atoms. The maximum absolute atomic E-state index is 3.97. The van der Waals surface area contributed by atoms with Crippen molar-refractivity contribution in [3.8, 4) is 0 Å². The first-order chi connectivity index (χ1) is 3.70. The first-order valence-corrected chi connectivity index (χ1v) is 3.38. The number of hydrogen-bond donors (Lipinski definition) is 0. The van der Waals surface area contributed by atoms with Crippen LogP contribution in [0.3, 0.4) is 0 Å². The summed E-state index contributed by atoms with van der Waals surface area (Å²) < 4.78 is 1.77. The highest BCUT2D eigenvalue weighted by molar-refractivity contribution is 7.62. The average molecular weight is 144 g/mol. The molecule has 0 atom stereocenters. The number of rotatable bonds is 0. The zero-order chi connectivity index (χ0) is 6.15. The molecule has 0 radical (unpaired) electrons. The molecular weight excluding hydrogens is 138 g/mol. The van der Waals surface area contributed by atoms with E-state index in [1.165, 1.54) is 11.3 Å². The molecule has 0 bridgehead atoms. The molecule has 42 valence electrons. The number of thiazole rings is 1. The lowest BCUT2D eigenvalue weighted by molar-refractivity contribution is 1.20. The fourth-order valence-corrected chi connectivity index (χ4v) is 1.44. The van der Waals surface area contributed by atoms with E-state index in [0.717, 1.165) is 14.2 Å². The van der Waals surface area contributed by atoms with Gasteiger partial charge in [0.05, 0.1) is 9.88 Å². The van der Waals surface area contributed by atoms with Crippen LogP contribution in [-0.2, 0) is 12.6 Å². The highest BCUT2D eigenvalue weighted by atomic mass is 32.2. The van der Waals surface area contributed by atoms with Crippen LogP contribution in [0, 0.1) is 0 Å². The predicted octanol–water partition coefficient (Wildman–Crippen LogP) is -0.666. The fourth-order valence-electron chi connectivity index (χ4n) is 0.383. The average Bonchev–Trinajstić information content (AvgIpc) is 1.85. The maximum Gasteiger partial charge on any atom is 0.300 e. The minimum absolute atomic E-state index is 0.764. The van der Waals surface area contributed by atoms with Gasteiger partial charge in [-0.05, 0) is 0 Å². The Hall–Kier alpha value is -0.280. The summed E-state index contributed by atoms with van der Waals surface area (Å²) >= 11 is 4.75. The van der Waals surface area contributed by atoms with Gasteiger partial charge in [0.25, 0.3) is 4.34 Å². The molecule has 1 rings (SSSR count). The lowest BCUT2D eigenvalue weighted by atomic mass is 10.7. The quantitative estimate of drug-likeness (QED) is 0.440. The van der Waals surface area contributed by atoms with Crippen LogP contribution in [0.4, 0.5) is 0 Å². The van der Waals surface area contributed by atoms with Crippen molar-refractivity contribution < 1.29 is 0 Å². The Labute approximate surface area is 56.8 Å². The van der Waals surface area contributed by atoms with Gasteiger partial charge in [-0.1, -0.05) is 24.5 Å². The molecule has 0 aliphatic heterocycles. The zero-order valence-electron chi connectivity index (χ0n) is 4.27. The lowest BCUT2D eigenvalue weighted by Gasteiger charge is -1.57. The zero-order valence-corrected chi connectivity index (χ0v) is 6.09. The molecule has 0 saturated heterocycles. The predicted molar refractivity (Wildman–Crippen MR) is 40.8 cm³/mol. The molecule has 1 aromatic heterocycles. The van der Waals surface area contributed by atoms with Crippen LogP contribution in [0.25, 0.3) is 13.2 Å². The molecule has 8 heavy (non-hydrogen) atoms. The van der Waals surface area contributed by atoms with Crippen molar-refractivity contribution in [2.45, 2.75) is 4.34 Å². The largest absolute Gasteiger partial charge is 0.300 e. The van der Waals surface area contributed by atoms with E-state index in [2.05, 4.69) is 30.8 Å². The van der Waals surface area contributed by atoms with Crippen molar-refractivity contribution in [2.75, 3.05) is 0 Å². The molecule has 0 aliphatic carbocycles. The van der Waals surface area contributed by atoms with E-state index < -0.39 is 0 Å². The molecule has 0 aromatic carbocycles. The third kappa shape index (κ3) is 0.928. The first-order valence-electron chi connectivity index (χ1n) is 2.06. The van der Waals surface area contributed by atoms with E-state index in [1.807, 2.05) is 0 Å². The number of hydrogen-bond acceptors (Lipinski definition) is 2. The summed E-state index contributed by atoms with van der Waals surface area (Å²) in [5.74, 6) is 0. The van der Waals surface area contributed by atoms with Gasteiger partial charge in [-0.15, -0.1) is 0 Å². The Morgan fingerprint density at radius 3 is 2.25 bits per heavy atom. The van der Waals surface area contributed by atoms with Gasteiger partial charge in [-0.25, -0.2) is 0 Å². The summed E-state index contributed by atoms with van der Waals surface area (Å²) in [5, 5.41) is 0.764. The van der Waals surface area contributed by atoms with E-state index in [4.69, 9.17) is 0 Å². The van der Waals surface area contributed by atoms with Crippen LogP contribution in [0.1, 0.15) is 0 Å². The van der Waals surface area contributed by atoms with Gasteiger partial charge in [0.15, 0.2) is 0 Å². The summed E-state index contributed by atoms with van der Waals surface area (Å²) in [6.07, 6.45) is 0. The second-order valence-corrected chi connectivity index (χ2v) is 3.31. The molecule has 0 fully saturated rings. The molecule has 1 aromatic rings. The Morgan fingerprint density at radius 2 is 2.12 bits per heavy atom. The second kappa shape index (κ2) is 1.91. The van der Waals surface area contributed by atoms with Crippen molar-refractivity contribution in [3.05, 3.63) is 9.88 Å². The SMILES string of the molecule is C=c1nc([SH2+])sc1=C. The normalized spacial score (nSPS) is 9.62. The molecule has 0 unspecified atom stereocenters. The second-order valence-electron chi connectivity index (χ2n) is 1.39. The van der Waals surface area contributed by atoms with Crippen molar-refractivity contribution in [1.82, 2.24) is 4.98 Å². The maximum atomic E-state index is 3.97. The summed E-state index contributed by atoms with van der Waals surface area (Å²) in [6.45, 7) is 7.35. The third-order valence-electron chi connectivity index (χ3n) is 0.778. The van der Waals surface area contributed by atoms with Gasteiger partial charge >= 0.3 is 0 Å². The van der Waals surface area contributed by atoms with E-state index in [1.54, 1.807) is 0 Å². The smallest absolute Gasteiger partial charge is 0.192 e. The van der Waals surface area contributed by atoms with Gasteiger partial charge in [-0.2, -0.15) is 4.98 Å². The molecule has 0 amide bonds. The highest BCUT2D eigenvalue weighted by Gasteiger charge is 1.93. The van der Waals surface area contributed by atoms with Gasteiger partial charge in [-0.3, -0.25) is 0 Å². The summed E-state index contributed by atoms with van der Waals surface area (Å²) in [5.41, 5.74) is 0. The molecule has 0 N–H and O–H groups in total. The van der Waals surface area contributed by atoms with Crippen LogP contribution >= 0.6 is 11.3 Å².